The fraction of sp³-hybridized carbons (Fsp3) is 0.438. The number of aryl methyl sites for hydroxylation is 2. The topological polar surface area (TPSA) is 132 Å². The molecular weight excluding hydrogens is 761 g/mol. The van der Waals surface area contributed by atoms with Crippen LogP contribution in [-0.2, 0) is 41.9 Å². The number of anilines is 2. The minimum Gasteiger partial charge on any atom is -0.506 e. The van der Waals surface area contributed by atoms with Crippen molar-refractivity contribution in [1.82, 2.24) is 19.1 Å². The van der Waals surface area contributed by atoms with Crippen LogP contribution in [0.4, 0.5) is 61.0 Å². The Bertz CT molecular complexity index is 1940. The Labute approximate surface area is 309 Å². The molecule has 284 valence electrons. The van der Waals surface area contributed by atoms with Gasteiger partial charge in [-0.15, -0.1) is 20.5 Å². The summed E-state index contributed by atoms with van der Waals surface area (Å²) >= 11 is 0.512. The molecule has 0 radical (unpaired) electrons. The van der Waals surface area contributed by atoms with Crippen LogP contribution in [0.15, 0.2) is 68.3 Å². The Morgan fingerprint density at radius 1 is 0.904 bits per heavy atom. The number of fused-ring (bicyclic) bond motifs is 2. The summed E-state index contributed by atoms with van der Waals surface area (Å²) in [6.07, 6.45) is -3.22. The minimum atomic E-state index is -4.56. The van der Waals surface area contributed by atoms with Gasteiger partial charge in [0.05, 0.1) is 11.4 Å². The van der Waals surface area contributed by atoms with Crippen LogP contribution in [0.5, 0.6) is 11.5 Å². The van der Waals surface area contributed by atoms with E-state index in [4.69, 9.17) is 0 Å². The number of nitrogens with zero attached hydrogens (tertiary/aromatic N) is 10. The molecule has 12 nitrogen and oxygen atoms in total. The van der Waals surface area contributed by atoms with E-state index < -0.39 is 24.0 Å². The first-order chi connectivity index (χ1) is 23.9. The predicted molar refractivity (Wildman–Crippen MR) is 180 cm³/mol. The Morgan fingerprint density at radius 3 is 2.13 bits per heavy atom. The van der Waals surface area contributed by atoms with Crippen LogP contribution in [0.1, 0.15) is 38.3 Å². The summed E-state index contributed by atoms with van der Waals surface area (Å²) in [5.41, 5.74) is 2.90. The summed E-state index contributed by atoms with van der Waals surface area (Å²) in [5, 5.41) is 36.4. The molecule has 52 heavy (non-hydrogen) atoms. The third-order valence-corrected chi connectivity index (χ3v) is 9.08. The van der Waals surface area contributed by atoms with Gasteiger partial charge in [0.2, 0.25) is 5.95 Å². The van der Waals surface area contributed by atoms with Crippen LogP contribution in [0.2, 0.25) is 0 Å². The van der Waals surface area contributed by atoms with Gasteiger partial charge in [0, 0.05) is 92.0 Å². The van der Waals surface area contributed by atoms with Gasteiger partial charge < -0.3 is 24.2 Å². The number of phenolic OH excluding ortho intramolecular Hbond substituents is 2. The molecular formula is C32H36F6N10NiO2S. The van der Waals surface area contributed by atoms with Crippen molar-refractivity contribution < 1.29 is 53.0 Å². The zero-order valence-corrected chi connectivity index (χ0v) is 30.4. The molecule has 6 rings (SSSR count). The fourth-order valence-corrected chi connectivity index (χ4v) is 6.43. The van der Waals surface area contributed by atoms with Gasteiger partial charge in [0.25, 0.3) is 5.95 Å². The molecule has 0 saturated heterocycles. The zero-order chi connectivity index (χ0) is 37.3. The van der Waals surface area contributed by atoms with Gasteiger partial charge in [0.1, 0.15) is 27.9 Å². The van der Waals surface area contributed by atoms with E-state index in [2.05, 4.69) is 49.2 Å². The number of hydrogen-bond donors (Lipinski definition) is 2. The molecule has 0 spiro atoms. The van der Waals surface area contributed by atoms with E-state index in [0.29, 0.717) is 41.9 Å². The van der Waals surface area contributed by atoms with Crippen LogP contribution in [0.3, 0.4) is 0 Å². The van der Waals surface area contributed by atoms with E-state index in [9.17, 15) is 36.6 Å². The van der Waals surface area contributed by atoms with E-state index in [1.807, 2.05) is 27.1 Å². The smallest absolute Gasteiger partial charge is 0.484 e. The molecule has 2 aromatic carbocycles. The molecule has 0 unspecified atom stereocenters. The van der Waals surface area contributed by atoms with Gasteiger partial charge in [0.15, 0.2) is 0 Å². The molecule has 2 aliphatic heterocycles. The number of aromatic nitrogens is 4. The zero-order valence-electron chi connectivity index (χ0n) is 28.6. The third-order valence-electron chi connectivity index (χ3n) is 8.11. The van der Waals surface area contributed by atoms with Crippen molar-refractivity contribution in [1.29, 1.82) is 0 Å². The minimum absolute atomic E-state index is 0. The van der Waals surface area contributed by atoms with Gasteiger partial charge in [-0.2, -0.15) is 26.3 Å². The Kier molecular flexibility index (Phi) is 12.2. The van der Waals surface area contributed by atoms with Crippen molar-refractivity contribution in [3.05, 3.63) is 54.0 Å². The van der Waals surface area contributed by atoms with Crippen molar-refractivity contribution in [3.63, 3.8) is 0 Å². The van der Waals surface area contributed by atoms with Crippen LogP contribution < -0.4 is 9.80 Å². The van der Waals surface area contributed by atoms with Crippen LogP contribution in [0, 0.1) is 0 Å². The molecule has 0 aliphatic carbocycles. The van der Waals surface area contributed by atoms with E-state index in [0.717, 1.165) is 18.3 Å². The fourth-order valence-electron chi connectivity index (χ4n) is 5.77. The number of thioether (sulfide) groups is 1. The van der Waals surface area contributed by atoms with Crippen LogP contribution in [0.25, 0.3) is 0 Å². The largest absolute Gasteiger partial charge is 0.506 e. The first-order valence-corrected chi connectivity index (χ1v) is 16.7. The van der Waals surface area contributed by atoms with Gasteiger partial charge in [-0.1, -0.05) is 32.5 Å². The number of azo groups is 2. The average molecular weight is 797 g/mol. The SMILES string of the molecule is CCCn1cc(SCC(F)(F)F)nc1N=Nc1cc2c(cc1O)N(C(F)(F)F)CC2.CN1CC(C)(C)c2cc(N=Nc3nccn3C)c(O)cc21.[Ni]. The van der Waals surface area contributed by atoms with Crippen molar-refractivity contribution in [3.8, 4) is 11.5 Å². The monoisotopic (exact) mass is 796 g/mol. The van der Waals surface area contributed by atoms with Crippen LogP contribution in [-0.4, -0.2) is 67.7 Å². The summed E-state index contributed by atoms with van der Waals surface area (Å²) in [4.78, 5) is 10.5. The predicted octanol–water partition coefficient (Wildman–Crippen LogP) is 9.22. The van der Waals surface area contributed by atoms with Crippen LogP contribution >= 0.6 is 11.8 Å². The molecule has 4 heterocycles. The second-order valence-electron chi connectivity index (χ2n) is 12.7. The number of benzene rings is 2. The summed E-state index contributed by atoms with van der Waals surface area (Å²) in [6.45, 7) is 7.33. The van der Waals surface area contributed by atoms with E-state index in [1.165, 1.54) is 22.4 Å². The van der Waals surface area contributed by atoms with Gasteiger partial charge in [-0.3, -0.25) is 4.90 Å². The summed E-state index contributed by atoms with van der Waals surface area (Å²) in [5.74, 6) is -0.914. The second-order valence-corrected chi connectivity index (χ2v) is 13.6. The van der Waals surface area contributed by atoms with E-state index in [-0.39, 0.29) is 67.9 Å². The van der Waals surface area contributed by atoms with E-state index in [1.54, 1.807) is 23.0 Å². The van der Waals surface area contributed by atoms with Crippen molar-refractivity contribution in [2.24, 2.45) is 27.5 Å². The van der Waals surface area contributed by atoms with Gasteiger partial charge >= 0.3 is 12.5 Å². The van der Waals surface area contributed by atoms with Gasteiger partial charge in [-0.05, 0) is 36.1 Å². The average Bonchev–Trinajstić information content (AvgIpc) is 3.79. The Morgan fingerprint density at radius 2 is 1.54 bits per heavy atom. The van der Waals surface area contributed by atoms with Crippen molar-refractivity contribution >= 4 is 46.4 Å². The molecule has 4 aromatic rings. The maximum absolute atomic E-state index is 13.0. The molecule has 2 N–H and O–H groups in total. The van der Waals surface area contributed by atoms with Gasteiger partial charge in [-0.25, -0.2) is 9.97 Å². The summed E-state index contributed by atoms with van der Waals surface area (Å²) in [7, 11) is 3.88. The molecule has 2 aromatic heterocycles. The number of aromatic hydroxyl groups is 2. The molecule has 0 fully saturated rings. The first-order valence-electron chi connectivity index (χ1n) is 15.7. The number of rotatable bonds is 8. The number of likely N-dealkylation sites (N-methyl/N-ethyl adjacent to an activating group) is 1. The summed E-state index contributed by atoms with van der Waals surface area (Å²) < 4.78 is 79.6. The summed E-state index contributed by atoms with van der Waals surface area (Å²) in [6, 6.07) is 5.97. The first kappa shape index (κ1) is 40.5. The normalized spacial score (nSPS) is 15.2. The molecule has 0 amide bonds. The Balaban J connectivity index is 0.000000242. The van der Waals surface area contributed by atoms with Crippen molar-refractivity contribution in [2.45, 2.75) is 63.1 Å². The number of phenols is 2. The maximum Gasteiger partial charge on any atom is 0.484 e. The standard InChI is InChI=1S/C17H17F6N5OS.C15H19N5O.Ni/c1-2-4-27-8-14(30-9-16(18,19)20)24-15(27)26-25-11-6-10-3-5-28(17(21,22)23)12(10)7-13(11)29;1-15(2)9-20(4)12-8-13(21)11(7-10(12)15)17-18-14-16-5-6-19(14)3;/h6-8,29H,2-5,9H2,1H3;5-8,21H,9H2,1-4H3;. The number of hydrogen-bond acceptors (Lipinski definition) is 11. The quantitative estimate of drug-likeness (QED) is 0.0598. The molecule has 0 atom stereocenters. The van der Waals surface area contributed by atoms with Crippen molar-refractivity contribution in [2.75, 3.05) is 35.7 Å². The molecule has 20 heteroatoms. The Hall–Kier alpha value is -4.32. The molecule has 2 aliphatic rings. The van der Waals surface area contributed by atoms with E-state index >= 15 is 0 Å². The number of imidazole rings is 2. The number of halogens is 6. The number of alkyl halides is 6. The maximum atomic E-state index is 13.0. The second kappa shape index (κ2) is 15.7. The molecule has 0 saturated carbocycles. The third kappa shape index (κ3) is 9.37. The molecule has 0 bridgehead atoms.